The summed E-state index contributed by atoms with van der Waals surface area (Å²) in [7, 11) is 0. The predicted molar refractivity (Wildman–Crippen MR) is 84.5 cm³/mol. The lowest BCUT2D eigenvalue weighted by Gasteiger charge is -2.32. The molecule has 0 aromatic carbocycles. The third-order valence-electron chi connectivity index (χ3n) is 3.45. The highest BCUT2D eigenvalue weighted by molar-refractivity contribution is 5.67. The van der Waals surface area contributed by atoms with Gasteiger partial charge in [0, 0.05) is 25.2 Å². The molecule has 1 heterocycles. The van der Waals surface area contributed by atoms with Crippen LogP contribution in [0.5, 0.6) is 0 Å². The van der Waals surface area contributed by atoms with Gasteiger partial charge >= 0.3 is 6.09 Å². The Morgan fingerprint density at radius 2 is 2.14 bits per heavy atom. The van der Waals surface area contributed by atoms with Crippen LogP contribution in [0.15, 0.2) is 0 Å². The Balaban J connectivity index is 2.23. The van der Waals surface area contributed by atoms with E-state index < -0.39 is 5.60 Å². The van der Waals surface area contributed by atoms with Gasteiger partial charge in [-0.05, 0) is 47.0 Å². The second-order valence-corrected chi connectivity index (χ2v) is 6.95. The van der Waals surface area contributed by atoms with E-state index in [2.05, 4.69) is 24.5 Å². The van der Waals surface area contributed by atoms with Crippen molar-refractivity contribution in [3.63, 3.8) is 0 Å². The molecule has 0 radical (unpaired) electrons. The third kappa shape index (κ3) is 8.27. The highest BCUT2D eigenvalue weighted by atomic mass is 16.6. The van der Waals surface area contributed by atoms with Gasteiger partial charge in [0.2, 0.25) is 0 Å². The Morgan fingerprint density at radius 3 is 2.76 bits per heavy atom. The average Bonchev–Trinajstić information content (AvgIpc) is 2.35. The lowest BCUT2D eigenvalue weighted by molar-refractivity contribution is -0.00480. The van der Waals surface area contributed by atoms with Crippen LogP contribution in [-0.4, -0.2) is 43.0 Å². The SMILES string of the molecule is CCCC1CC(NC(C)CNC(=O)OC(C)(C)C)CCO1. The van der Waals surface area contributed by atoms with Crippen LogP contribution in [0, 0.1) is 0 Å². The fourth-order valence-corrected chi connectivity index (χ4v) is 2.57. The number of hydrogen-bond donors (Lipinski definition) is 2. The van der Waals surface area contributed by atoms with Crippen LogP contribution in [0.4, 0.5) is 4.79 Å². The zero-order valence-corrected chi connectivity index (χ0v) is 14.2. The summed E-state index contributed by atoms with van der Waals surface area (Å²) in [5.41, 5.74) is -0.450. The molecule has 1 aliphatic rings. The van der Waals surface area contributed by atoms with E-state index in [0.717, 1.165) is 32.3 Å². The fourth-order valence-electron chi connectivity index (χ4n) is 2.57. The summed E-state index contributed by atoms with van der Waals surface area (Å²) in [4.78, 5) is 11.6. The largest absolute Gasteiger partial charge is 0.444 e. The van der Waals surface area contributed by atoms with Crippen molar-refractivity contribution in [3.05, 3.63) is 0 Å². The molecule has 21 heavy (non-hydrogen) atoms. The molecule has 0 aromatic rings. The second kappa shape index (κ2) is 8.59. The van der Waals surface area contributed by atoms with Crippen LogP contribution >= 0.6 is 0 Å². The smallest absolute Gasteiger partial charge is 0.407 e. The number of carbonyl (C=O) groups excluding carboxylic acids is 1. The number of ether oxygens (including phenoxy) is 2. The van der Waals surface area contributed by atoms with Gasteiger partial charge in [0.15, 0.2) is 0 Å². The minimum absolute atomic E-state index is 0.225. The van der Waals surface area contributed by atoms with Crippen LogP contribution in [0.25, 0.3) is 0 Å². The Labute approximate surface area is 129 Å². The molecule has 1 fully saturated rings. The quantitative estimate of drug-likeness (QED) is 0.792. The van der Waals surface area contributed by atoms with Crippen molar-refractivity contribution in [2.75, 3.05) is 13.2 Å². The van der Waals surface area contributed by atoms with E-state index >= 15 is 0 Å². The third-order valence-corrected chi connectivity index (χ3v) is 3.45. The van der Waals surface area contributed by atoms with Gasteiger partial charge in [0.1, 0.15) is 5.60 Å². The number of rotatable bonds is 6. The number of amides is 1. The van der Waals surface area contributed by atoms with Gasteiger partial charge in [-0.15, -0.1) is 0 Å². The summed E-state index contributed by atoms with van der Waals surface area (Å²) in [6.07, 6.45) is 4.41. The first kappa shape index (κ1) is 18.2. The number of nitrogens with one attached hydrogen (secondary N) is 2. The molecule has 3 atom stereocenters. The molecular weight excluding hydrogens is 268 g/mol. The van der Waals surface area contributed by atoms with Gasteiger partial charge in [-0.25, -0.2) is 4.79 Å². The van der Waals surface area contributed by atoms with E-state index in [1.54, 1.807) is 0 Å². The molecule has 1 aliphatic heterocycles. The summed E-state index contributed by atoms with van der Waals surface area (Å²) in [6, 6.07) is 0.702. The molecule has 3 unspecified atom stereocenters. The van der Waals surface area contributed by atoms with Crippen LogP contribution < -0.4 is 10.6 Å². The lowest BCUT2D eigenvalue weighted by Crippen LogP contribution is -2.47. The van der Waals surface area contributed by atoms with Gasteiger partial charge < -0.3 is 20.1 Å². The van der Waals surface area contributed by atoms with Gasteiger partial charge in [-0.2, -0.15) is 0 Å². The Kier molecular flexibility index (Phi) is 7.46. The summed E-state index contributed by atoms with van der Waals surface area (Å²) in [5.74, 6) is 0. The summed E-state index contributed by atoms with van der Waals surface area (Å²) in [6.45, 7) is 11.3. The molecule has 2 N–H and O–H groups in total. The molecular formula is C16H32N2O3. The Bertz CT molecular complexity index is 313. The fraction of sp³-hybridized carbons (Fsp3) is 0.938. The maximum Gasteiger partial charge on any atom is 0.407 e. The van der Waals surface area contributed by atoms with Crippen molar-refractivity contribution < 1.29 is 14.3 Å². The van der Waals surface area contributed by atoms with Crippen molar-refractivity contribution >= 4 is 6.09 Å². The van der Waals surface area contributed by atoms with E-state index in [9.17, 15) is 4.79 Å². The Morgan fingerprint density at radius 1 is 1.43 bits per heavy atom. The van der Waals surface area contributed by atoms with Crippen molar-refractivity contribution in [2.24, 2.45) is 0 Å². The lowest BCUT2D eigenvalue weighted by atomic mass is 9.99. The average molecular weight is 300 g/mol. The number of carbonyl (C=O) groups is 1. The first-order valence-electron chi connectivity index (χ1n) is 8.14. The standard InChI is InChI=1S/C16H32N2O3/c1-6-7-14-10-13(8-9-20-14)18-12(2)11-17-15(19)21-16(3,4)5/h12-14,18H,6-11H2,1-5H3,(H,17,19). The van der Waals surface area contributed by atoms with Crippen molar-refractivity contribution in [1.82, 2.24) is 10.6 Å². The monoisotopic (exact) mass is 300 g/mol. The zero-order chi connectivity index (χ0) is 15.9. The topological polar surface area (TPSA) is 59.6 Å². The van der Waals surface area contributed by atoms with E-state index in [0.29, 0.717) is 18.7 Å². The second-order valence-electron chi connectivity index (χ2n) is 6.95. The molecule has 1 amide bonds. The normalized spacial score (nSPS) is 24.4. The van der Waals surface area contributed by atoms with Gasteiger partial charge in [0.25, 0.3) is 0 Å². The summed E-state index contributed by atoms with van der Waals surface area (Å²) >= 11 is 0. The van der Waals surface area contributed by atoms with Crippen molar-refractivity contribution in [2.45, 2.75) is 84.1 Å². The number of alkyl carbamates (subject to hydrolysis) is 1. The molecule has 0 bridgehead atoms. The highest BCUT2D eigenvalue weighted by Crippen LogP contribution is 2.18. The maximum absolute atomic E-state index is 11.6. The molecule has 5 nitrogen and oxygen atoms in total. The molecule has 1 saturated heterocycles. The summed E-state index contributed by atoms with van der Waals surface area (Å²) in [5, 5.41) is 6.39. The van der Waals surface area contributed by atoms with Crippen LogP contribution in [0.2, 0.25) is 0 Å². The van der Waals surface area contributed by atoms with E-state index in [1.165, 1.54) is 0 Å². The van der Waals surface area contributed by atoms with Gasteiger partial charge in [0.05, 0.1) is 6.10 Å². The van der Waals surface area contributed by atoms with Gasteiger partial charge in [-0.1, -0.05) is 13.3 Å². The van der Waals surface area contributed by atoms with E-state index in [1.807, 2.05) is 20.8 Å². The molecule has 0 spiro atoms. The minimum Gasteiger partial charge on any atom is -0.444 e. The van der Waals surface area contributed by atoms with Gasteiger partial charge in [-0.3, -0.25) is 0 Å². The Hall–Kier alpha value is -0.810. The van der Waals surface area contributed by atoms with E-state index in [4.69, 9.17) is 9.47 Å². The molecule has 5 heteroatoms. The molecule has 0 saturated carbocycles. The first-order valence-corrected chi connectivity index (χ1v) is 8.14. The molecule has 0 aromatic heterocycles. The van der Waals surface area contributed by atoms with Crippen molar-refractivity contribution in [1.29, 1.82) is 0 Å². The predicted octanol–water partition coefficient (Wildman–Crippen LogP) is 2.84. The van der Waals surface area contributed by atoms with E-state index in [-0.39, 0.29) is 12.1 Å². The zero-order valence-electron chi connectivity index (χ0n) is 14.2. The van der Waals surface area contributed by atoms with Crippen molar-refractivity contribution in [3.8, 4) is 0 Å². The van der Waals surface area contributed by atoms with Crippen LogP contribution in [0.1, 0.15) is 60.3 Å². The molecule has 124 valence electrons. The van der Waals surface area contributed by atoms with Crippen LogP contribution in [0.3, 0.4) is 0 Å². The van der Waals surface area contributed by atoms with Crippen LogP contribution in [-0.2, 0) is 9.47 Å². The molecule has 0 aliphatic carbocycles. The number of hydrogen-bond acceptors (Lipinski definition) is 4. The maximum atomic E-state index is 11.6. The minimum atomic E-state index is -0.450. The highest BCUT2D eigenvalue weighted by Gasteiger charge is 2.23. The first-order chi connectivity index (χ1) is 9.80. The molecule has 1 rings (SSSR count). The summed E-state index contributed by atoms with van der Waals surface area (Å²) < 4.78 is 11.0.